The molecule has 0 spiro atoms. The lowest BCUT2D eigenvalue weighted by Crippen LogP contribution is -2.46. The summed E-state index contributed by atoms with van der Waals surface area (Å²) in [5.74, 6) is -0.175. The summed E-state index contributed by atoms with van der Waals surface area (Å²) in [4.78, 5) is 33.4. The molecular formula is C29H37F3N4O3S2. The van der Waals surface area contributed by atoms with Crippen LogP contribution in [0.3, 0.4) is 0 Å². The van der Waals surface area contributed by atoms with E-state index in [1.165, 1.54) is 28.7 Å². The van der Waals surface area contributed by atoms with Crippen LogP contribution in [0.5, 0.6) is 0 Å². The third kappa shape index (κ3) is 7.03. The molecule has 0 radical (unpaired) electrons. The van der Waals surface area contributed by atoms with Crippen molar-refractivity contribution in [2.75, 3.05) is 11.9 Å². The lowest BCUT2D eigenvalue weighted by atomic mass is 9.93. The molecule has 1 aliphatic heterocycles. The van der Waals surface area contributed by atoms with E-state index in [1.807, 2.05) is 34.6 Å². The fourth-order valence-electron chi connectivity index (χ4n) is 4.87. The Bertz CT molecular complexity index is 1430. The zero-order valence-electron chi connectivity index (χ0n) is 24.4. The van der Waals surface area contributed by atoms with E-state index in [2.05, 4.69) is 29.5 Å². The van der Waals surface area contributed by atoms with E-state index in [4.69, 9.17) is 4.74 Å². The highest BCUT2D eigenvalue weighted by molar-refractivity contribution is 7.23. The van der Waals surface area contributed by atoms with Crippen LogP contribution in [0.4, 0.5) is 23.0 Å². The largest absolute Gasteiger partial charge is 0.444 e. The summed E-state index contributed by atoms with van der Waals surface area (Å²) in [6.07, 6.45) is -3.20. The Morgan fingerprint density at radius 2 is 1.90 bits per heavy atom. The molecule has 0 saturated heterocycles. The zero-order chi connectivity index (χ0) is 30.3. The molecule has 2 unspecified atom stereocenters. The summed E-state index contributed by atoms with van der Waals surface area (Å²) in [5, 5.41) is 7.48. The summed E-state index contributed by atoms with van der Waals surface area (Å²) in [5.41, 5.74) is 0.494. The van der Waals surface area contributed by atoms with Gasteiger partial charge in [-0.05, 0) is 78.1 Å². The van der Waals surface area contributed by atoms with Gasteiger partial charge in [-0.25, -0.2) is 9.78 Å². The van der Waals surface area contributed by atoms with Crippen molar-refractivity contribution in [2.45, 2.75) is 97.6 Å². The number of alkyl halides is 3. The summed E-state index contributed by atoms with van der Waals surface area (Å²) in [7, 11) is 0. The number of hydrogen-bond acceptors (Lipinski definition) is 7. The molecule has 3 heterocycles. The van der Waals surface area contributed by atoms with Crippen molar-refractivity contribution in [1.82, 2.24) is 15.2 Å². The number of halogens is 3. The van der Waals surface area contributed by atoms with Crippen LogP contribution in [0.2, 0.25) is 0 Å². The van der Waals surface area contributed by atoms with Gasteiger partial charge in [0.2, 0.25) is 5.91 Å². The van der Waals surface area contributed by atoms with Gasteiger partial charge in [-0.15, -0.1) is 22.7 Å². The van der Waals surface area contributed by atoms with Gasteiger partial charge in [-0.2, -0.15) is 13.2 Å². The highest BCUT2D eigenvalue weighted by Gasteiger charge is 2.40. The standard InChI is InChI=1S/C29H37F3N4O3S2/c1-8-15(2)33-12-11-22(37)35-26-23(25-34-20-14-18(29(30,31)32)9-10-21(20)40-25)19-13-16(3)36(17(4)24(19)41-26)27(38)39-28(5,6)7/h9-10,14-17,33H,8,11-13H2,1-7H3,(H,35,37)/t15-,16?,17?/m0/s1. The van der Waals surface area contributed by atoms with Gasteiger partial charge in [-0.3, -0.25) is 9.69 Å². The van der Waals surface area contributed by atoms with Gasteiger partial charge >= 0.3 is 12.3 Å². The van der Waals surface area contributed by atoms with Crippen LogP contribution in [0.15, 0.2) is 18.2 Å². The SMILES string of the molecule is CC[C@H](C)NCCC(=O)Nc1sc2c(c1-c1nc3cc(C(F)(F)F)ccc3s1)CC(C)N(C(=O)OC(C)(C)C)C2C. The molecule has 1 aliphatic rings. The monoisotopic (exact) mass is 610 g/mol. The number of ether oxygens (including phenoxy) is 1. The van der Waals surface area contributed by atoms with E-state index >= 15 is 0 Å². The van der Waals surface area contributed by atoms with Gasteiger partial charge in [-0.1, -0.05) is 6.92 Å². The Morgan fingerprint density at radius 1 is 1.20 bits per heavy atom. The molecule has 0 bridgehead atoms. The average molecular weight is 611 g/mol. The van der Waals surface area contributed by atoms with Gasteiger partial charge in [0.15, 0.2) is 0 Å². The number of benzene rings is 1. The van der Waals surface area contributed by atoms with Crippen molar-refractivity contribution in [2.24, 2.45) is 0 Å². The third-order valence-electron chi connectivity index (χ3n) is 7.05. The van der Waals surface area contributed by atoms with Crippen molar-refractivity contribution in [3.8, 4) is 10.6 Å². The summed E-state index contributed by atoms with van der Waals surface area (Å²) in [6.45, 7) is 14.0. The quantitative estimate of drug-likeness (QED) is 0.283. The van der Waals surface area contributed by atoms with Crippen molar-refractivity contribution >= 4 is 49.9 Å². The van der Waals surface area contributed by atoms with E-state index in [0.29, 0.717) is 33.2 Å². The molecule has 3 atom stereocenters. The van der Waals surface area contributed by atoms with Crippen molar-refractivity contribution in [1.29, 1.82) is 0 Å². The molecule has 0 saturated carbocycles. The van der Waals surface area contributed by atoms with Crippen LogP contribution < -0.4 is 10.6 Å². The number of rotatable bonds is 7. The second-order valence-corrected chi connectivity index (χ2v) is 13.6. The van der Waals surface area contributed by atoms with Crippen LogP contribution >= 0.6 is 22.7 Å². The van der Waals surface area contributed by atoms with E-state index in [1.54, 1.807) is 4.90 Å². The van der Waals surface area contributed by atoms with E-state index in [0.717, 1.165) is 29.0 Å². The predicted octanol–water partition coefficient (Wildman–Crippen LogP) is 8.00. The summed E-state index contributed by atoms with van der Waals surface area (Å²) in [6, 6.07) is 3.29. The Kier molecular flexibility index (Phi) is 9.06. The molecule has 2 amide bonds. The maximum absolute atomic E-state index is 13.4. The van der Waals surface area contributed by atoms with Crippen LogP contribution in [0.1, 0.15) is 83.4 Å². The minimum atomic E-state index is -4.47. The number of thiazole rings is 1. The van der Waals surface area contributed by atoms with Gasteiger partial charge < -0.3 is 15.4 Å². The maximum Gasteiger partial charge on any atom is 0.416 e. The molecular weight excluding hydrogens is 573 g/mol. The van der Waals surface area contributed by atoms with Gasteiger partial charge in [0, 0.05) is 35.5 Å². The van der Waals surface area contributed by atoms with Crippen molar-refractivity contribution in [3.05, 3.63) is 34.2 Å². The molecule has 2 N–H and O–H groups in total. The maximum atomic E-state index is 13.4. The average Bonchev–Trinajstić information content (AvgIpc) is 3.42. The lowest BCUT2D eigenvalue weighted by Gasteiger charge is -2.39. The molecule has 224 valence electrons. The number of carbonyl (C=O) groups is 2. The minimum Gasteiger partial charge on any atom is -0.444 e. The number of carbonyl (C=O) groups excluding carboxylic acids is 2. The van der Waals surface area contributed by atoms with E-state index in [-0.39, 0.29) is 36.0 Å². The second kappa shape index (κ2) is 11.9. The number of anilines is 1. The summed E-state index contributed by atoms with van der Waals surface area (Å²) < 4.78 is 46.4. The molecule has 0 aliphatic carbocycles. The van der Waals surface area contributed by atoms with Crippen molar-refractivity contribution < 1.29 is 27.5 Å². The molecule has 7 nitrogen and oxygen atoms in total. The van der Waals surface area contributed by atoms with Crippen LogP contribution in [0.25, 0.3) is 20.8 Å². The molecule has 1 aromatic carbocycles. The fraction of sp³-hybridized carbons (Fsp3) is 0.552. The Hall–Kier alpha value is -2.70. The molecule has 12 heteroatoms. The highest BCUT2D eigenvalue weighted by atomic mass is 32.1. The van der Waals surface area contributed by atoms with Crippen LogP contribution in [-0.4, -0.2) is 46.1 Å². The highest BCUT2D eigenvalue weighted by Crippen LogP contribution is 2.50. The number of amides is 2. The zero-order valence-corrected chi connectivity index (χ0v) is 26.0. The molecule has 41 heavy (non-hydrogen) atoms. The first-order chi connectivity index (χ1) is 19.1. The first-order valence-corrected chi connectivity index (χ1v) is 15.4. The molecule has 4 rings (SSSR count). The Labute approximate surface area is 246 Å². The molecule has 3 aromatic rings. The van der Waals surface area contributed by atoms with E-state index < -0.39 is 23.4 Å². The van der Waals surface area contributed by atoms with Crippen molar-refractivity contribution in [3.63, 3.8) is 0 Å². The smallest absolute Gasteiger partial charge is 0.416 e. The fourth-order valence-corrected chi connectivity index (χ4v) is 7.26. The number of thiophene rings is 1. The first kappa shape index (κ1) is 31.2. The van der Waals surface area contributed by atoms with Crippen LogP contribution in [-0.2, 0) is 22.1 Å². The van der Waals surface area contributed by atoms with E-state index in [9.17, 15) is 22.8 Å². The third-order valence-corrected chi connectivity index (χ3v) is 9.42. The minimum absolute atomic E-state index is 0.175. The predicted molar refractivity (Wildman–Crippen MR) is 159 cm³/mol. The van der Waals surface area contributed by atoms with Gasteiger partial charge in [0.25, 0.3) is 0 Å². The number of hydrogen-bond donors (Lipinski definition) is 2. The number of fused-ring (bicyclic) bond motifs is 2. The number of nitrogens with zero attached hydrogens (tertiary/aromatic N) is 2. The lowest BCUT2D eigenvalue weighted by molar-refractivity contribution is -0.137. The Balaban J connectivity index is 1.75. The van der Waals surface area contributed by atoms with Crippen LogP contribution in [0, 0.1) is 0 Å². The van der Waals surface area contributed by atoms with Gasteiger partial charge in [0.05, 0.1) is 21.8 Å². The topological polar surface area (TPSA) is 83.6 Å². The normalized spacial score (nSPS) is 18.3. The van der Waals surface area contributed by atoms with Gasteiger partial charge in [0.1, 0.15) is 15.6 Å². The molecule has 2 aromatic heterocycles. The number of aromatic nitrogens is 1. The Morgan fingerprint density at radius 3 is 2.54 bits per heavy atom. The number of nitrogens with one attached hydrogen (secondary N) is 2. The second-order valence-electron chi connectivity index (χ2n) is 11.5. The molecule has 0 fully saturated rings. The summed E-state index contributed by atoms with van der Waals surface area (Å²) >= 11 is 2.67. The first-order valence-electron chi connectivity index (χ1n) is 13.8.